The fraction of sp³-hybridized carbons (Fsp3) is 0.222. The minimum atomic E-state index is -1.19. The number of anilines is 1. The molecule has 8 nitrogen and oxygen atoms in total. The molecule has 2 aromatic carbocycles. The van der Waals surface area contributed by atoms with Gasteiger partial charge in [0.15, 0.2) is 17.7 Å². The molecular weight excluding hydrogens is 359 g/mol. The van der Waals surface area contributed by atoms with Gasteiger partial charge in [0.25, 0.3) is 11.6 Å². The van der Waals surface area contributed by atoms with Gasteiger partial charge in [-0.3, -0.25) is 19.7 Å². The van der Waals surface area contributed by atoms with Crippen LogP contribution in [0.1, 0.15) is 12.5 Å². The van der Waals surface area contributed by atoms with Gasteiger partial charge >= 0.3 is 5.97 Å². The highest BCUT2D eigenvalue weighted by Crippen LogP contribution is 2.23. The topological polar surface area (TPSA) is 108 Å². The van der Waals surface area contributed by atoms with Crippen molar-refractivity contribution < 1.29 is 28.4 Å². The number of carbonyl (C=O) groups is 2. The predicted octanol–water partition coefficient (Wildman–Crippen LogP) is 2.86. The van der Waals surface area contributed by atoms with E-state index in [9.17, 15) is 24.1 Å². The van der Waals surface area contributed by atoms with Crippen LogP contribution in [0.2, 0.25) is 0 Å². The number of nitro benzene ring substituents is 1. The Bertz CT molecular complexity index is 871. The summed E-state index contributed by atoms with van der Waals surface area (Å²) in [5.41, 5.74) is 0.0651. The van der Waals surface area contributed by atoms with Crippen molar-refractivity contribution in [3.05, 3.63) is 64.0 Å². The number of nitrogens with zero attached hydrogens (tertiary/aromatic N) is 1. The Morgan fingerprint density at radius 2 is 1.96 bits per heavy atom. The average Bonchev–Trinajstić information content (AvgIpc) is 2.62. The fourth-order valence-corrected chi connectivity index (χ4v) is 2.25. The van der Waals surface area contributed by atoms with Crippen LogP contribution in [0.4, 0.5) is 15.8 Å². The molecule has 0 aliphatic carbocycles. The number of nitrogens with one attached hydrogen (secondary N) is 1. The molecule has 2 rings (SSSR count). The van der Waals surface area contributed by atoms with E-state index in [2.05, 4.69) is 5.32 Å². The van der Waals surface area contributed by atoms with Crippen LogP contribution in [0, 0.1) is 15.9 Å². The monoisotopic (exact) mass is 376 g/mol. The highest BCUT2D eigenvalue weighted by atomic mass is 19.1. The van der Waals surface area contributed by atoms with E-state index in [0.717, 1.165) is 6.07 Å². The van der Waals surface area contributed by atoms with Crippen LogP contribution >= 0.6 is 0 Å². The quantitative estimate of drug-likeness (QED) is 0.452. The van der Waals surface area contributed by atoms with Crippen molar-refractivity contribution in [3.63, 3.8) is 0 Å². The van der Waals surface area contributed by atoms with Crippen molar-refractivity contribution in [1.29, 1.82) is 0 Å². The van der Waals surface area contributed by atoms with Gasteiger partial charge in [0.2, 0.25) is 0 Å². The Balaban J connectivity index is 1.97. The van der Waals surface area contributed by atoms with Crippen LogP contribution in [-0.4, -0.2) is 30.0 Å². The number of carbonyl (C=O) groups excluding carboxylic acids is 2. The summed E-state index contributed by atoms with van der Waals surface area (Å²) >= 11 is 0. The van der Waals surface area contributed by atoms with E-state index in [0.29, 0.717) is 5.56 Å². The molecule has 1 amide bonds. The second-order valence-corrected chi connectivity index (χ2v) is 5.54. The predicted molar refractivity (Wildman–Crippen MR) is 93.9 cm³/mol. The fourth-order valence-electron chi connectivity index (χ4n) is 2.25. The maximum absolute atomic E-state index is 13.6. The van der Waals surface area contributed by atoms with Gasteiger partial charge in [-0.05, 0) is 30.7 Å². The maximum Gasteiger partial charge on any atom is 0.311 e. The van der Waals surface area contributed by atoms with Crippen LogP contribution in [0.5, 0.6) is 5.75 Å². The summed E-state index contributed by atoms with van der Waals surface area (Å²) in [6.07, 6.45) is -1.44. The molecule has 0 aromatic heterocycles. The van der Waals surface area contributed by atoms with Gasteiger partial charge < -0.3 is 14.8 Å². The number of para-hydroxylation sites is 2. The molecule has 1 atom stereocenters. The van der Waals surface area contributed by atoms with Crippen molar-refractivity contribution in [1.82, 2.24) is 0 Å². The first-order valence-electron chi connectivity index (χ1n) is 7.88. The minimum absolute atomic E-state index is 0.00683. The number of hydrogen-bond donors (Lipinski definition) is 1. The van der Waals surface area contributed by atoms with E-state index in [1.54, 1.807) is 0 Å². The molecule has 0 fully saturated rings. The molecule has 0 saturated heterocycles. The van der Waals surface area contributed by atoms with E-state index in [-0.39, 0.29) is 23.5 Å². The van der Waals surface area contributed by atoms with E-state index < -0.39 is 28.7 Å². The largest absolute Gasteiger partial charge is 0.494 e. The normalized spacial score (nSPS) is 11.4. The van der Waals surface area contributed by atoms with Crippen molar-refractivity contribution in [2.45, 2.75) is 19.4 Å². The third kappa shape index (κ3) is 5.24. The smallest absolute Gasteiger partial charge is 0.311 e. The van der Waals surface area contributed by atoms with Crippen LogP contribution in [0.25, 0.3) is 0 Å². The molecule has 27 heavy (non-hydrogen) atoms. The minimum Gasteiger partial charge on any atom is -0.494 e. The van der Waals surface area contributed by atoms with Gasteiger partial charge in [0, 0.05) is 6.07 Å². The first kappa shape index (κ1) is 19.8. The van der Waals surface area contributed by atoms with Gasteiger partial charge in [-0.15, -0.1) is 0 Å². The standard InChI is InChI=1S/C18H17FN2O6/c1-11(18(23)20-14-5-3-4-6-15(14)21(24)25)27-17(22)10-12-7-8-16(26-2)13(19)9-12/h3-9,11H,10H2,1-2H3,(H,20,23)/t11-/m0/s1. The molecule has 0 bridgehead atoms. The lowest BCUT2D eigenvalue weighted by molar-refractivity contribution is -0.383. The van der Waals surface area contributed by atoms with Crippen molar-refractivity contribution in [3.8, 4) is 5.75 Å². The van der Waals surface area contributed by atoms with Crippen molar-refractivity contribution in [2.24, 2.45) is 0 Å². The lowest BCUT2D eigenvalue weighted by Gasteiger charge is -2.14. The molecule has 0 saturated carbocycles. The number of ether oxygens (including phenoxy) is 2. The van der Waals surface area contributed by atoms with Gasteiger partial charge in [0.1, 0.15) is 5.69 Å². The zero-order valence-corrected chi connectivity index (χ0v) is 14.6. The molecule has 0 aliphatic rings. The summed E-state index contributed by atoms with van der Waals surface area (Å²) in [6, 6.07) is 9.61. The van der Waals surface area contributed by atoms with Crippen molar-refractivity contribution in [2.75, 3.05) is 12.4 Å². The van der Waals surface area contributed by atoms with Crippen LogP contribution in [0.15, 0.2) is 42.5 Å². The van der Waals surface area contributed by atoms with E-state index in [4.69, 9.17) is 9.47 Å². The number of amides is 1. The van der Waals surface area contributed by atoms with Gasteiger partial charge in [-0.2, -0.15) is 0 Å². The van der Waals surface area contributed by atoms with Crippen LogP contribution in [-0.2, 0) is 20.7 Å². The zero-order valence-electron chi connectivity index (χ0n) is 14.6. The number of methoxy groups -OCH3 is 1. The van der Waals surface area contributed by atoms with Crippen LogP contribution < -0.4 is 10.1 Å². The Labute approximate surface area is 154 Å². The lowest BCUT2D eigenvalue weighted by atomic mass is 10.1. The summed E-state index contributed by atoms with van der Waals surface area (Å²) in [5, 5.41) is 13.3. The molecule has 0 heterocycles. The number of hydrogen-bond acceptors (Lipinski definition) is 6. The van der Waals surface area contributed by atoms with E-state index in [1.807, 2.05) is 0 Å². The molecule has 0 spiro atoms. The number of nitro groups is 1. The van der Waals surface area contributed by atoms with Gasteiger partial charge in [0.05, 0.1) is 18.5 Å². The molecule has 0 unspecified atom stereocenters. The van der Waals surface area contributed by atoms with E-state index in [1.165, 1.54) is 50.4 Å². The number of benzene rings is 2. The number of esters is 1. The molecule has 142 valence electrons. The molecule has 0 aliphatic heterocycles. The average molecular weight is 376 g/mol. The number of rotatable bonds is 7. The first-order valence-corrected chi connectivity index (χ1v) is 7.88. The Morgan fingerprint density at radius 1 is 1.26 bits per heavy atom. The summed E-state index contributed by atoms with van der Waals surface area (Å²) in [4.78, 5) is 34.4. The Kier molecular flexibility index (Phi) is 6.42. The summed E-state index contributed by atoms with van der Waals surface area (Å²) in [6.45, 7) is 1.33. The number of halogens is 1. The molecular formula is C18H17FN2O6. The Morgan fingerprint density at radius 3 is 2.59 bits per heavy atom. The molecule has 0 radical (unpaired) electrons. The Hall–Kier alpha value is -3.49. The maximum atomic E-state index is 13.6. The first-order chi connectivity index (χ1) is 12.8. The van der Waals surface area contributed by atoms with Gasteiger partial charge in [-0.25, -0.2) is 4.39 Å². The summed E-state index contributed by atoms with van der Waals surface area (Å²) < 4.78 is 23.4. The molecule has 2 aromatic rings. The lowest BCUT2D eigenvalue weighted by Crippen LogP contribution is -2.30. The SMILES string of the molecule is COc1ccc(CC(=O)O[C@@H](C)C(=O)Nc2ccccc2[N+](=O)[O-])cc1F. The van der Waals surface area contributed by atoms with Crippen molar-refractivity contribution >= 4 is 23.3 Å². The zero-order chi connectivity index (χ0) is 20.0. The highest BCUT2D eigenvalue weighted by Gasteiger charge is 2.21. The molecule has 9 heteroatoms. The summed E-state index contributed by atoms with van der Waals surface area (Å²) in [5.74, 6) is -2.04. The van der Waals surface area contributed by atoms with Gasteiger partial charge in [-0.1, -0.05) is 18.2 Å². The highest BCUT2D eigenvalue weighted by molar-refractivity contribution is 5.96. The second-order valence-electron chi connectivity index (χ2n) is 5.54. The molecule has 1 N–H and O–H groups in total. The van der Waals surface area contributed by atoms with E-state index >= 15 is 0 Å². The van der Waals surface area contributed by atoms with Crippen LogP contribution in [0.3, 0.4) is 0 Å². The third-order valence-electron chi connectivity index (χ3n) is 3.60. The third-order valence-corrected chi connectivity index (χ3v) is 3.60. The second kappa shape index (κ2) is 8.75. The summed E-state index contributed by atoms with van der Waals surface area (Å²) in [7, 11) is 1.32.